The van der Waals surface area contributed by atoms with Gasteiger partial charge in [0.15, 0.2) is 0 Å². The molecular weight excluding hydrogens is 604 g/mol. The number of para-hydroxylation sites is 1. The number of hydrogen-bond donors (Lipinski definition) is 8. The molecule has 0 radical (unpaired) electrons. The number of hydrogen-bond acceptors (Lipinski definition) is 7. The van der Waals surface area contributed by atoms with Gasteiger partial charge in [0.1, 0.15) is 23.9 Å². The highest BCUT2D eigenvalue weighted by atomic mass is 16.4. The number of primary amides is 1. The number of phenols is 1. The molecule has 4 atom stereocenters. The number of carboxylic acid groups (broad SMARTS) is 1. The second-order valence-electron chi connectivity index (χ2n) is 11.3. The van der Waals surface area contributed by atoms with Gasteiger partial charge in [0.25, 0.3) is 0 Å². The van der Waals surface area contributed by atoms with E-state index in [1.54, 1.807) is 42.6 Å². The van der Waals surface area contributed by atoms with Gasteiger partial charge in [-0.2, -0.15) is 0 Å². The van der Waals surface area contributed by atoms with E-state index in [-0.39, 0.29) is 37.9 Å². The van der Waals surface area contributed by atoms with Gasteiger partial charge in [-0.3, -0.25) is 19.2 Å². The topological polar surface area (TPSA) is 230 Å². The van der Waals surface area contributed by atoms with Gasteiger partial charge < -0.3 is 42.6 Å². The van der Waals surface area contributed by atoms with Gasteiger partial charge in [0.05, 0.1) is 6.04 Å². The first-order valence-electron chi connectivity index (χ1n) is 15.0. The number of carbonyl (C=O) groups is 5. The van der Waals surface area contributed by atoms with Crippen LogP contribution in [0, 0.1) is 0 Å². The monoisotopic (exact) mass is 642 g/mol. The molecule has 13 heteroatoms. The first kappa shape index (κ1) is 34.2. The minimum absolute atomic E-state index is 0.00970. The second kappa shape index (κ2) is 16.0. The SMILES string of the molecule is NC(=O)CCC(NC(=O)C(N)Cc1ccccc1)C(=O)NC(Cc1ccc(O)cc1)C(=O)NC(Cc1c[nH]c2ccccc12)C(=O)O. The van der Waals surface area contributed by atoms with Gasteiger partial charge in [-0.15, -0.1) is 0 Å². The minimum atomic E-state index is -1.35. The third kappa shape index (κ3) is 9.90. The number of H-pyrrole nitrogens is 1. The van der Waals surface area contributed by atoms with Crippen molar-refractivity contribution in [3.63, 3.8) is 0 Å². The predicted molar refractivity (Wildman–Crippen MR) is 174 cm³/mol. The van der Waals surface area contributed by atoms with Crippen LogP contribution in [0.3, 0.4) is 0 Å². The van der Waals surface area contributed by atoms with Crippen molar-refractivity contribution in [3.8, 4) is 5.75 Å². The molecule has 0 spiro atoms. The molecule has 4 rings (SSSR count). The van der Waals surface area contributed by atoms with E-state index < -0.39 is 53.8 Å². The number of carbonyl (C=O) groups excluding carboxylic acids is 4. The van der Waals surface area contributed by atoms with Crippen molar-refractivity contribution in [2.75, 3.05) is 0 Å². The number of aromatic nitrogens is 1. The maximum atomic E-state index is 13.7. The van der Waals surface area contributed by atoms with Crippen molar-refractivity contribution in [1.29, 1.82) is 0 Å². The van der Waals surface area contributed by atoms with Gasteiger partial charge in [0, 0.05) is 36.4 Å². The Bertz CT molecular complexity index is 1710. The normalized spacial score (nSPS) is 13.6. The average molecular weight is 643 g/mol. The van der Waals surface area contributed by atoms with Crippen molar-refractivity contribution in [3.05, 3.63) is 102 Å². The molecular formula is C34H38N6O7. The summed E-state index contributed by atoms with van der Waals surface area (Å²) in [4.78, 5) is 67.2. The molecule has 0 aliphatic heterocycles. The van der Waals surface area contributed by atoms with Crippen LogP contribution in [0.4, 0.5) is 0 Å². The standard InChI is InChI=1S/C34H38N6O7/c35-25(16-20-6-2-1-3-7-20)31(43)38-27(14-15-30(36)42)32(44)39-28(17-21-10-12-23(41)13-11-21)33(45)40-29(34(46)47)18-22-19-37-26-9-5-4-8-24(22)26/h1-13,19,25,27-29,37,41H,14-18,35H2,(H2,36,42)(H,38,43)(H,39,44)(H,40,45)(H,46,47). The summed E-state index contributed by atoms with van der Waals surface area (Å²) >= 11 is 0. The number of nitrogens with two attached hydrogens (primary N) is 2. The van der Waals surface area contributed by atoms with Gasteiger partial charge in [-0.1, -0.05) is 60.7 Å². The summed E-state index contributed by atoms with van der Waals surface area (Å²) in [5.41, 5.74) is 14.3. The van der Waals surface area contributed by atoms with E-state index in [2.05, 4.69) is 20.9 Å². The molecule has 0 saturated heterocycles. The number of benzene rings is 3. The number of rotatable bonds is 16. The van der Waals surface area contributed by atoms with Crippen LogP contribution in [-0.4, -0.2) is 69.0 Å². The van der Waals surface area contributed by atoms with Crippen LogP contribution in [0.1, 0.15) is 29.5 Å². The molecule has 4 amide bonds. The Labute approximate surface area is 270 Å². The van der Waals surface area contributed by atoms with Crippen LogP contribution < -0.4 is 27.4 Å². The van der Waals surface area contributed by atoms with Crippen LogP contribution >= 0.6 is 0 Å². The van der Waals surface area contributed by atoms with Gasteiger partial charge in [0.2, 0.25) is 23.6 Å². The lowest BCUT2D eigenvalue weighted by Gasteiger charge is -2.25. The van der Waals surface area contributed by atoms with E-state index >= 15 is 0 Å². The molecule has 13 nitrogen and oxygen atoms in total. The lowest BCUT2D eigenvalue weighted by atomic mass is 10.0. The zero-order valence-corrected chi connectivity index (χ0v) is 25.5. The molecule has 0 aliphatic rings. The van der Waals surface area contributed by atoms with E-state index in [4.69, 9.17) is 11.5 Å². The summed E-state index contributed by atoms with van der Waals surface area (Å²) in [5.74, 6) is -4.23. The Morgan fingerprint density at radius 3 is 1.98 bits per heavy atom. The fraction of sp³-hybridized carbons (Fsp3) is 0.265. The summed E-state index contributed by atoms with van der Waals surface area (Å²) in [6.45, 7) is 0. The van der Waals surface area contributed by atoms with Crippen LogP contribution in [0.5, 0.6) is 5.75 Å². The Morgan fingerprint density at radius 2 is 1.30 bits per heavy atom. The van der Waals surface area contributed by atoms with E-state index in [1.165, 1.54) is 12.1 Å². The predicted octanol–water partition coefficient (Wildman–Crippen LogP) is 1.03. The van der Waals surface area contributed by atoms with Gasteiger partial charge in [-0.05, 0) is 47.7 Å². The molecule has 1 aromatic heterocycles. The Hall–Kier alpha value is -5.69. The first-order valence-corrected chi connectivity index (χ1v) is 15.0. The summed E-state index contributed by atoms with van der Waals surface area (Å²) < 4.78 is 0. The number of fused-ring (bicyclic) bond motifs is 1. The smallest absolute Gasteiger partial charge is 0.326 e. The van der Waals surface area contributed by atoms with Gasteiger partial charge in [-0.25, -0.2) is 4.79 Å². The molecule has 1 heterocycles. The average Bonchev–Trinajstić information content (AvgIpc) is 3.46. The molecule has 4 aromatic rings. The van der Waals surface area contributed by atoms with Crippen molar-refractivity contribution >= 4 is 40.5 Å². The lowest BCUT2D eigenvalue weighted by Crippen LogP contribution is -2.58. The largest absolute Gasteiger partial charge is 0.508 e. The number of aromatic amines is 1. The molecule has 246 valence electrons. The van der Waals surface area contributed by atoms with E-state index in [1.807, 2.05) is 30.3 Å². The Kier molecular flexibility index (Phi) is 11.7. The third-order valence-corrected chi connectivity index (χ3v) is 7.67. The molecule has 0 fully saturated rings. The Morgan fingerprint density at radius 1 is 0.702 bits per heavy atom. The fourth-order valence-electron chi connectivity index (χ4n) is 5.14. The van der Waals surface area contributed by atoms with E-state index in [0.717, 1.165) is 16.5 Å². The summed E-state index contributed by atoms with van der Waals surface area (Å²) in [6, 6.07) is 17.4. The fourth-order valence-corrected chi connectivity index (χ4v) is 5.14. The molecule has 0 saturated carbocycles. The van der Waals surface area contributed by atoms with Gasteiger partial charge >= 0.3 is 5.97 Å². The lowest BCUT2D eigenvalue weighted by molar-refractivity contribution is -0.142. The summed E-state index contributed by atoms with van der Waals surface area (Å²) in [6.07, 6.45) is 1.33. The number of amides is 4. The molecule has 3 aromatic carbocycles. The maximum Gasteiger partial charge on any atom is 0.326 e. The highest BCUT2D eigenvalue weighted by Gasteiger charge is 2.31. The van der Waals surface area contributed by atoms with Crippen LogP contribution in [-0.2, 0) is 43.2 Å². The highest BCUT2D eigenvalue weighted by molar-refractivity contribution is 5.95. The van der Waals surface area contributed by atoms with Crippen molar-refractivity contribution in [2.24, 2.45) is 11.5 Å². The van der Waals surface area contributed by atoms with Crippen LogP contribution in [0.2, 0.25) is 0 Å². The number of nitrogens with one attached hydrogen (secondary N) is 4. The minimum Gasteiger partial charge on any atom is -0.508 e. The zero-order valence-electron chi connectivity index (χ0n) is 25.5. The number of aliphatic carboxylic acids is 1. The number of aromatic hydroxyl groups is 1. The van der Waals surface area contributed by atoms with E-state index in [9.17, 15) is 34.2 Å². The number of phenolic OH excluding ortho intramolecular Hbond substituents is 1. The molecule has 0 bridgehead atoms. The molecule has 47 heavy (non-hydrogen) atoms. The third-order valence-electron chi connectivity index (χ3n) is 7.67. The molecule has 4 unspecified atom stereocenters. The molecule has 0 aliphatic carbocycles. The van der Waals surface area contributed by atoms with Crippen LogP contribution in [0.25, 0.3) is 10.9 Å². The van der Waals surface area contributed by atoms with Crippen molar-refractivity contribution in [1.82, 2.24) is 20.9 Å². The second-order valence-corrected chi connectivity index (χ2v) is 11.3. The first-order chi connectivity index (χ1) is 22.5. The Balaban J connectivity index is 1.53. The van der Waals surface area contributed by atoms with Crippen molar-refractivity contribution < 1.29 is 34.2 Å². The molecule has 10 N–H and O–H groups in total. The maximum absolute atomic E-state index is 13.7. The zero-order chi connectivity index (χ0) is 33.9. The number of carboxylic acids is 1. The highest BCUT2D eigenvalue weighted by Crippen LogP contribution is 2.19. The summed E-state index contributed by atoms with van der Waals surface area (Å²) in [5, 5.41) is 28.2. The quantitative estimate of drug-likeness (QED) is 0.0878. The summed E-state index contributed by atoms with van der Waals surface area (Å²) in [7, 11) is 0. The van der Waals surface area contributed by atoms with Crippen LogP contribution in [0.15, 0.2) is 85.1 Å². The van der Waals surface area contributed by atoms with E-state index in [0.29, 0.717) is 11.1 Å². The van der Waals surface area contributed by atoms with Crippen molar-refractivity contribution in [2.45, 2.75) is 56.3 Å².